The van der Waals surface area contributed by atoms with E-state index in [-0.39, 0.29) is 5.60 Å². The van der Waals surface area contributed by atoms with Crippen molar-refractivity contribution in [2.24, 2.45) is 5.73 Å². The summed E-state index contributed by atoms with van der Waals surface area (Å²) in [6.07, 6.45) is 0.945. The minimum Gasteiger partial charge on any atom is -0.487 e. The molecule has 0 spiro atoms. The van der Waals surface area contributed by atoms with Crippen LogP contribution in [0.2, 0.25) is 0 Å². The van der Waals surface area contributed by atoms with Crippen LogP contribution in [0, 0.1) is 0 Å². The first kappa shape index (κ1) is 10.5. The summed E-state index contributed by atoms with van der Waals surface area (Å²) >= 11 is 0. The second kappa shape index (κ2) is 3.53. The Balaban J connectivity index is 2.35. The largest absolute Gasteiger partial charge is 0.487 e. The van der Waals surface area contributed by atoms with Gasteiger partial charge in [0.2, 0.25) is 0 Å². The van der Waals surface area contributed by atoms with Gasteiger partial charge >= 0.3 is 0 Å². The molecule has 2 nitrogen and oxygen atoms in total. The first-order valence-corrected chi connectivity index (χ1v) is 5.56. The van der Waals surface area contributed by atoms with Gasteiger partial charge in [-0.15, -0.1) is 0 Å². The SMILES string of the molecule is CC1c2cc(CCN)ccc2OC1(C)C. The van der Waals surface area contributed by atoms with Gasteiger partial charge in [0.15, 0.2) is 0 Å². The van der Waals surface area contributed by atoms with Crippen LogP contribution < -0.4 is 10.5 Å². The van der Waals surface area contributed by atoms with Crippen molar-refractivity contribution in [3.63, 3.8) is 0 Å². The third kappa shape index (κ3) is 1.74. The molecule has 1 heterocycles. The molecule has 1 aliphatic rings. The third-order valence-corrected chi connectivity index (χ3v) is 3.39. The van der Waals surface area contributed by atoms with Crippen LogP contribution in [0.15, 0.2) is 18.2 Å². The normalized spacial score (nSPS) is 22.3. The van der Waals surface area contributed by atoms with Crippen molar-refractivity contribution in [2.75, 3.05) is 6.54 Å². The topological polar surface area (TPSA) is 35.2 Å². The molecule has 1 aromatic rings. The van der Waals surface area contributed by atoms with Crippen LogP contribution in [-0.4, -0.2) is 12.1 Å². The van der Waals surface area contributed by atoms with E-state index in [9.17, 15) is 0 Å². The molecule has 1 atom stereocenters. The van der Waals surface area contributed by atoms with Crippen molar-refractivity contribution >= 4 is 0 Å². The van der Waals surface area contributed by atoms with Gasteiger partial charge < -0.3 is 10.5 Å². The Bertz CT molecular complexity index is 371. The quantitative estimate of drug-likeness (QED) is 0.805. The highest BCUT2D eigenvalue weighted by Gasteiger charge is 2.37. The summed E-state index contributed by atoms with van der Waals surface area (Å²) in [4.78, 5) is 0. The lowest BCUT2D eigenvalue weighted by Crippen LogP contribution is -2.28. The summed E-state index contributed by atoms with van der Waals surface area (Å²) in [5, 5.41) is 0. The summed E-state index contributed by atoms with van der Waals surface area (Å²) in [7, 11) is 0. The zero-order chi connectivity index (χ0) is 11.1. The van der Waals surface area contributed by atoms with E-state index in [0.717, 1.165) is 12.2 Å². The molecular formula is C13H19NO. The van der Waals surface area contributed by atoms with Gasteiger partial charge in [0.05, 0.1) is 0 Å². The van der Waals surface area contributed by atoms with Gasteiger partial charge in [0, 0.05) is 11.5 Å². The van der Waals surface area contributed by atoms with Crippen molar-refractivity contribution in [2.45, 2.75) is 38.7 Å². The Hall–Kier alpha value is -1.02. The van der Waals surface area contributed by atoms with Crippen molar-refractivity contribution in [3.8, 4) is 5.75 Å². The van der Waals surface area contributed by atoms with Gasteiger partial charge in [-0.3, -0.25) is 0 Å². The highest BCUT2D eigenvalue weighted by atomic mass is 16.5. The van der Waals surface area contributed by atoms with Gasteiger partial charge in [-0.25, -0.2) is 0 Å². The van der Waals surface area contributed by atoms with Gasteiger partial charge in [-0.05, 0) is 38.4 Å². The molecule has 82 valence electrons. The number of benzene rings is 1. The fraction of sp³-hybridized carbons (Fsp3) is 0.538. The molecule has 0 radical (unpaired) electrons. The van der Waals surface area contributed by atoms with Crippen molar-refractivity contribution in [3.05, 3.63) is 29.3 Å². The van der Waals surface area contributed by atoms with E-state index in [4.69, 9.17) is 10.5 Å². The fourth-order valence-electron chi connectivity index (χ4n) is 2.10. The van der Waals surface area contributed by atoms with Crippen LogP contribution in [0.3, 0.4) is 0 Å². The van der Waals surface area contributed by atoms with E-state index >= 15 is 0 Å². The molecule has 2 rings (SSSR count). The predicted octanol–water partition coefficient (Wildman–Crippen LogP) is 2.46. The summed E-state index contributed by atoms with van der Waals surface area (Å²) in [6, 6.07) is 6.42. The first-order chi connectivity index (χ1) is 7.04. The van der Waals surface area contributed by atoms with Crippen LogP contribution in [-0.2, 0) is 6.42 Å². The first-order valence-electron chi connectivity index (χ1n) is 5.56. The van der Waals surface area contributed by atoms with E-state index in [0.29, 0.717) is 12.5 Å². The zero-order valence-corrected chi connectivity index (χ0v) is 9.71. The molecule has 0 amide bonds. The molecule has 0 aromatic heterocycles. The standard InChI is InChI=1S/C13H19NO/c1-9-11-8-10(6-7-14)4-5-12(11)15-13(9,2)3/h4-5,8-9H,6-7,14H2,1-3H3. The lowest BCUT2D eigenvalue weighted by atomic mass is 9.88. The summed E-state index contributed by atoms with van der Waals surface area (Å²) in [6.45, 7) is 7.20. The van der Waals surface area contributed by atoms with E-state index in [1.54, 1.807) is 0 Å². The second-order valence-corrected chi connectivity index (χ2v) is 4.84. The molecule has 0 bridgehead atoms. The molecule has 0 saturated carbocycles. The molecule has 1 aromatic carbocycles. The summed E-state index contributed by atoms with van der Waals surface area (Å²) in [5.41, 5.74) is 8.12. The van der Waals surface area contributed by atoms with Gasteiger partial charge in [-0.1, -0.05) is 19.1 Å². The van der Waals surface area contributed by atoms with E-state index < -0.39 is 0 Å². The van der Waals surface area contributed by atoms with E-state index in [1.807, 2.05) is 0 Å². The van der Waals surface area contributed by atoms with Gasteiger partial charge in [0.25, 0.3) is 0 Å². The van der Waals surface area contributed by atoms with Gasteiger partial charge in [-0.2, -0.15) is 0 Å². The highest BCUT2D eigenvalue weighted by Crippen LogP contribution is 2.44. The van der Waals surface area contributed by atoms with Crippen molar-refractivity contribution in [1.29, 1.82) is 0 Å². The van der Waals surface area contributed by atoms with E-state index in [1.165, 1.54) is 11.1 Å². The maximum atomic E-state index is 5.91. The average Bonchev–Trinajstić information content (AvgIpc) is 2.40. The summed E-state index contributed by atoms with van der Waals surface area (Å²) < 4.78 is 5.91. The van der Waals surface area contributed by atoms with Gasteiger partial charge in [0.1, 0.15) is 11.4 Å². The predicted molar refractivity (Wildman–Crippen MR) is 62.3 cm³/mol. The van der Waals surface area contributed by atoms with Crippen LogP contribution in [0.4, 0.5) is 0 Å². The number of fused-ring (bicyclic) bond motifs is 1. The molecular weight excluding hydrogens is 186 g/mol. The Morgan fingerprint density at radius 2 is 2.13 bits per heavy atom. The van der Waals surface area contributed by atoms with Crippen LogP contribution >= 0.6 is 0 Å². The zero-order valence-electron chi connectivity index (χ0n) is 9.71. The number of nitrogens with two attached hydrogens (primary N) is 1. The minimum atomic E-state index is -0.0797. The number of hydrogen-bond donors (Lipinski definition) is 1. The molecule has 15 heavy (non-hydrogen) atoms. The second-order valence-electron chi connectivity index (χ2n) is 4.84. The molecule has 0 fully saturated rings. The fourth-order valence-corrected chi connectivity index (χ4v) is 2.10. The van der Waals surface area contributed by atoms with E-state index in [2.05, 4.69) is 39.0 Å². The van der Waals surface area contributed by atoms with Crippen molar-refractivity contribution < 1.29 is 4.74 Å². The smallest absolute Gasteiger partial charge is 0.123 e. The molecule has 0 saturated heterocycles. The monoisotopic (exact) mass is 205 g/mol. The molecule has 1 aliphatic heterocycles. The molecule has 2 N–H and O–H groups in total. The number of ether oxygens (including phenoxy) is 1. The minimum absolute atomic E-state index is 0.0797. The van der Waals surface area contributed by atoms with Crippen LogP contribution in [0.25, 0.3) is 0 Å². The summed E-state index contributed by atoms with van der Waals surface area (Å²) in [5.74, 6) is 1.48. The molecule has 0 aliphatic carbocycles. The Labute approximate surface area is 91.4 Å². The molecule has 1 unspecified atom stereocenters. The van der Waals surface area contributed by atoms with Crippen molar-refractivity contribution in [1.82, 2.24) is 0 Å². The Kier molecular flexibility index (Phi) is 2.47. The lowest BCUT2D eigenvalue weighted by molar-refractivity contribution is 0.116. The number of rotatable bonds is 2. The highest BCUT2D eigenvalue weighted by molar-refractivity contribution is 5.44. The maximum Gasteiger partial charge on any atom is 0.123 e. The number of hydrogen-bond acceptors (Lipinski definition) is 2. The third-order valence-electron chi connectivity index (χ3n) is 3.39. The average molecular weight is 205 g/mol. The Morgan fingerprint density at radius 3 is 2.80 bits per heavy atom. The Morgan fingerprint density at radius 1 is 1.40 bits per heavy atom. The molecule has 2 heteroatoms. The van der Waals surface area contributed by atoms with Crippen LogP contribution in [0.1, 0.15) is 37.8 Å². The van der Waals surface area contributed by atoms with Crippen LogP contribution in [0.5, 0.6) is 5.75 Å². The lowest BCUT2D eigenvalue weighted by Gasteiger charge is -2.22. The maximum absolute atomic E-state index is 5.91.